The molecule has 108 valence electrons. The van der Waals surface area contributed by atoms with Gasteiger partial charge < -0.3 is 5.32 Å². The summed E-state index contributed by atoms with van der Waals surface area (Å²) in [6, 6.07) is 9.07. The van der Waals surface area contributed by atoms with Crippen LogP contribution >= 0.6 is 43.2 Å². The first-order valence-electron chi connectivity index (χ1n) is 6.90. The van der Waals surface area contributed by atoms with Gasteiger partial charge in [0.15, 0.2) is 0 Å². The summed E-state index contributed by atoms with van der Waals surface area (Å²) in [6.07, 6.45) is 3.40. The van der Waals surface area contributed by atoms with Crippen LogP contribution in [0.4, 0.5) is 0 Å². The molecule has 1 unspecified atom stereocenters. The van der Waals surface area contributed by atoms with Gasteiger partial charge in [0.1, 0.15) is 0 Å². The molecule has 0 radical (unpaired) electrons. The molecule has 1 aromatic heterocycles. The van der Waals surface area contributed by atoms with E-state index in [9.17, 15) is 0 Å². The molecule has 0 fully saturated rings. The van der Waals surface area contributed by atoms with Gasteiger partial charge in [-0.05, 0) is 65.9 Å². The topological polar surface area (TPSA) is 12.0 Å². The van der Waals surface area contributed by atoms with Crippen molar-refractivity contribution in [2.45, 2.75) is 32.2 Å². The molecule has 2 aromatic rings. The van der Waals surface area contributed by atoms with Crippen molar-refractivity contribution in [3.63, 3.8) is 0 Å². The smallest absolute Gasteiger partial charge is 0.0334 e. The highest BCUT2D eigenvalue weighted by Gasteiger charge is 2.14. The summed E-state index contributed by atoms with van der Waals surface area (Å²) in [5.41, 5.74) is 2.78. The Labute approximate surface area is 142 Å². The molecule has 0 aliphatic carbocycles. The molecule has 0 aliphatic rings. The van der Waals surface area contributed by atoms with Crippen molar-refractivity contribution in [3.8, 4) is 0 Å². The molecular weight excluding hydrogens is 398 g/mol. The lowest BCUT2D eigenvalue weighted by molar-refractivity contribution is 0.498. The monoisotopic (exact) mass is 415 g/mol. The van der Waals surface area contributed by atoms with Gasteiger partial charge in [0, 0.05) is 15.0 Å². The molecule has 0 amide bonds. The molecule has 1 N–H and O–H groups in total. The van der Waals surface area contributed by atoms with E-state index in [4.69, 9.17) is 0 Å². The van der Waals surface area contributed by atoms with Crippen molar-refractivity contribution in [1.82, 2.24) is 5.32 Å². The van der Waals surface area contributed by atoms with Crippen molar-refractivity contribution in [2.75, 3.05) is 6.54 Å². The SMILES string of the molecule is CCCNC(CCc1ccsc1)c1ccc(Br)cc1Br. The van der Waals surface area contributed by atoms with Crippen molar-refractivity contribution in [2.24, 2.45) is 0 Å². The Kier molecular flexibility index (Phi) is 6.75. The zero-order valence-electron chi connectivity index (χ0n) is 11.5. The summed E-state index contributed by atoms with van der Waals surface area (Å²) in [5.74, 6) is 0. The number of thiophene rings is 1. The van der Waals surface area contributed by atoms with Crippen LogP contribution in [-0.4, -0.2) is 6.54 Å². The molecular formula is C16H19Br2NS. The third kappa shape index (κ3) is 4.69. The van der Waals surface area contributed by atoms with Crippen LogP contribution in [-0.2, 0) is 6.42 Å². The number of aryl methyl sites for hydroxylation is 1. The molecule has 0 spiro atoms. The van der Waals surface area contributed by atoms with Crippen LogP contribution in [0.5, 0.6) is 0 Å². The van der Waals surface area contributed by atoms with Crippen LogP contribution in [0.1, 0.15) is 36.9 Å². The molecule has 2 rings (SSSR count). The van der Waals surface area contributed by atoms with Gasteiger partial charge in [-0.3, -0.25) is 0 Å². The molecule has 0 aliphatic heterocycles. The Morgan fingerprint density at radius 3 is 2.75 bits per heavy atom. The highest BCUT2D eigenvalue weighted by atomic mass is 79.9. The van der Waals surface area contributed by atoms with Gasteiger partial charge in [-0.1, -0.05) is 44.8 Å². The third-order valence-electron chi connectivity index (χ3n) is 3.28. The fourth-order valence-electron chi connectivity index (χ4n) is 2.22. The number of nitrogens with one attached hydrogen (secondary N) is 1. The lowest BCUT2D eigenvalue weighted by Gasteiger charge is -2.20. The summed E-state index contributed by atoms with van der Waals surface area (Å²) >= 11 is 8.98. The number of halogens is 2. The van der Waals surface area contributed by atoms with Crippen molar-refractivity contribution >= 4 is 43.2 Å². The van der Waals surface area contributed by atoms with Crippen LogP contribution in [0.2, 0.25) is 0 Å². The minimum Gasteiger partial charge on any atom is -0.310 e. The van der Waals surface area contributed by atoms with Crippen molar-refractivity contribution in [1.29, 1.82) is 0 Å². The highest BCUT2D eigenvalue weighted by Crippen LogP contribution is 2.29. The van der Waals surface area contributed by atoms with Crippen LogP contribution < -0.4 is 5.32 Å². The van der Waals surface area contributed by atoms with Gasteiger partial charge in [-0.25, -0.2) is 0 Å². The van der Waals surface area contributed by atoms with Crippen LogP contribution in [0.25, 0.3) is 0 Å². The van der Waals surface area contributed by atoms with E-state index in [1.165, 1.54) is 15.6 Å². The minimum atomic E-state index is 0.400. The van der Waals surface area contributed by atoms with Crippen LogP contribution in [0, 0.1) is 0 Å². The normalized spacial score (nSPS) is 12.6. The number of rotatable bonds is 7. The third-order valence-corrected chi connectivity index (χ3v) is 5.19. The molecule has 20 heavy (non-hydrogen) atoms. The average Bonchev–Trinajstić information content (AvgIpc) is 2.93. The molecule has 1 atom stereocenters. The van der Waals surface area contributed by atoms with Gasteiger partial charge in [-0.15, -0.1) is 0 Å². The lowest BCUT2D eigenvalue weighted by Crippen LogP contribution is -2.23. The summed E-state index contributed by atoms with van der Waals surface area (Å²) in [4.78, 5) is 0. The standard InChI is InChI=1S/C16H19Br2NS/c1-2-8-19-16(6-3-12-7-9-20-11-12)14-5-4-13(17)10-15(14)18/h4-5,7,9-11,16,19H,2-3,6,8H2,1H3. The second-order valence-corrected chi connectivity index (χ2v) is 7.39. The molecule has 1 heterocycles. The number of benzene rings is 1. The minimum absolute atomic E-state index is 0.400. The second-order valence-electron chi connectivity index (χ2n) is 4.84. The fraction of sp³-hybridized carbons (Fsp3) is 0.375. The van der Waals surface area contributed by atoms with E-state index in [-0.39, 0.29) is 0 Å². The van der Waals surface area contributed by atoms with Crippen molar-refractivity contribution < 1.29 is 0 Å². The van der Waals surface area contributed by atoms with Crippen LogP contribution in [0.15, 0.2) is 44.0 Å². The Hall–Kier alpha value is -0.160. The molecule has 4 heteroatoms. The largest absolute Gasteiger partial charge is 0.310 e. The van der Waals surface area contributed by atoms with Gasteiger partial charge in [0.05, 0.1) is 0 Å². The second kappa shape index (κ2) is 8.32. The van der Waals surface area contributed by atoms with Gasteiger partial charge in [0.2, 0.25) is 0 Å². The maximum atomic E-state index is 3.69. The van der Waals surface area contributed by atoms with E-state index in [1.807, 2.05) is 0 Å². The Bertz CT molecular complexity index is 525. The Morgan fingerprint density at radius 1 is 1.25 bits per heavy atom. The van der Waals surface area contributed by atoms with E-state index in [1.54, 1.807) is 11.3 Å². The first-order valence-corrected chi connectivity index (χ1v) is 9.43. The zero-order chi connectivity index (χ0) is 14.4. The quantitative estimate of drug-likeness (QED) is 0.588. The number of hydrogen-bond donors (Lipinski definition) is 1. The number of hydrogen-bond acceptors (Lipinski definition) is 2. The first kappa shape index (κ1) is 16.2. The Balaban J connectivity index is 2.09. The summed E-state index contributed by atoms with van der Waals surface area (Å²) < 4.78 is 2.28. The predicted octanol–water partition coefficient (Wildman–Crippen LogP) is 5.95. The Morgan fingerprint density at radius 2 is 2.10 bits per heavy atom. The average molecular weight is 417 g/mol. The fourth-order valence-corrected chi connectivity index (χ4v) is 4.24. The molecule has 0 saturated heterocycles. The summed E-state index contributed by atoms with van der Waals surface area (Å²) in [6.45, 7) is 3.26. The first-order chi connectivity index (χ1) is 9.70. The predicted molar refractivity (Wildman–Crippen MR) is 95.5 cm³/mol. The van der Waals surface area contributed by atoms with Gasteiger partial charge in [-0.2, -0.15) is 11.3 Å². The lowest BCUT2D eigenvalue weighted by atomic mass is 10.00. The zero-order valence-corrected chi connectivity index (χ0v) is 15.5. The maximum Gasteiger partial charge on any atom is 0.0334 e. The van der Waals surface area contributed by atoms with E-state index < -0.39 is 0 Å². The summed E-state index contributed by atoms with van der Waals surface area (Å²) in [7, 11) is 0. The molecule has 0 bridgehead atoms. The van der Waals surface area contributed by atoms with E-state index >= 15 is 0 Å². The molecule has 0 saturated carbocycles. The molecule has 1 nitrogen and oxygen atoms in total. The van der Waals surface area contributed by atoms with Crippen LogP contribution in [0.3, 0.4) is 0 Å². The van der Waals surface area contributed by atoms with E-state index in [0.29, 0.717) is 6.04 Å². The summed E-state index contributed by atoms with van der Waals surface area (Å²) in [5, 5.41) is 8.06. The highest BCUT2D eigenvalue weighted by molar-refractivity contribution is 9.11. The van der Waals surface area contributed by atoms with Gasteiger partial charge >= 0.3 is 0 Å². The molecule has 1 aromatic carbocycles. The van der Waals surface area contributed by atoms with E-state index in [2.05, 4.69) is 79.1 Å². The van der Waals surface area contributed by atoms with Gasteiger partial charge in [0.25, 0.3) is 0 Å². The van der Waals surface area contributed by atoms with Crippen molar-refractivity contribution in [3.05, 3.63) is 55.1 Å². The van der Waals surface area contributed by atoms with E-state index in [0.717, 1.165) is 30.3 Å². The maximum absolute atomic E-state index is 3.69.